The second-order valence-electron chi connectivity index (χ2n) is 8.98. The standard InChI is InChI=1S/C27H50N.ClH/c1-4-6-7-8-9-10-11-12-13-14-15-16-17-18-19-20-23-28-24-21-27(22-25-28)26(3)5-2;/h21-22,24-26H,4-20,23H2,1-3H3;1H/q+1;/p-1. The van der Waals surface area contributed by atoms with E-state index in [1.807, 2.05) is 0 Å². The number of aromatic nitrogens is 1. The van der Waals surface area contributed by atoms with Gasteiger partial charge in [-0.25, -0.2) is 4.57 Å². The van der Waals surface area contributed by atoms with E-state index in [1.54, 1.807) is 0 Å². The number of rotatable bonds is 19. The second kappa shape index (κ2) is 20.7. The highest BCUT2D eigenvalue weighted by Crippen LogP contribution is 2.16. The summed E-state index contributed by atoms with van der Waals surface area (Å²) in [6, 6.07) is 4.61. The van der Waals surface area contributed by atoms with Crippen molar-refractivity contribution in [3.05, 3.63) is 30.1 Å². The molecular formula is C27H50ClN. The van der Waals surface area contributed by atoms with E-state index in [4.69, 9.17) is 0 Å². The molecule has 1 unspecified atom stereocenters. The number of unbranched alkanes of at least 4 members (excludes halogenated alkanes) is 15. The largest absolute Gasteiger partial charge is 1.00 e. The van der Waals surface area contributed by atoms with E-state index in [0.29, 0.717) is 5.92 Å². The molecule has 2 heteroatoms. The minimum absolute atomic E-state index is 0. The molecule has 0 aliphatic carbocycles. The smallest absolute Gasteiger partial charge is 0.169 e. The van der Waals surface area contributed by atoms with E-state index in [9.17, 15) is 0 Å². The van der Waals surface area contributed by atoms with E-state index in [2.05, 4.69) is 49.9 Å². The van der Waals surface area contributed by atoms with Crippen LogP contribution < -0.4 is 17.0 Å². The Morgan fingerprint density at radius 3 is 1.38 bits per heavy atom. The fourth-order valence-corrected chi connectivity index (χ4v) is 4.02. The number of halogens is 1. The molecule has 0 saturated heterocycles. The molecule has 0 bridgehead atoms. The van der Waals surface area contributed by atoms with Gasteiger partial charge in [-0.15, -0.1) is 0 Å². The van der Waals surface area contributed by atoms with Crippen molar-refractivity contribution < 1.29 is 17.0 Å². The topological polar surface area (TPSA) is 3.88 Å². The Hall–Kier alpha value is -0.560. The molecule has 0 aliphatic heterocycles. The van der Waals surface area contributed by atoms with Gasteiger partial charge in [0.15, 0.2) is 12.4 Å². The highest BCUT2D eigenvalue weighted by atomic mass is 35.5. The van der Waals surface area contributed by atoms with Crippen LogP contribution in [0.15, 0.2) is 24.5 Å². The number of pyridine rings is 1. The predicted octanol–water partition coefficient (Wildman–Crippen LogP) is 5.75. The number of aryl methyl sites for hydroxylation is 1. The Morgan fingerprint density at radius 2 is 1.00 bits per heavy atom. The average Bonchev–Trinajstić information content (AvgIpc) is 2.73. The van der Waals surface area contributed by atoms with Gasteiger partial charge in [0.1, 0.15) is 6.54 Å². The molecule has 1 heterocycles. The summed E-state index contributed by atoms with van der Waals surface area (Å²) < 4.78 is 2.36. The van der Waals surface area contributed by atoms with Crippen molar-refractivity contribution in [2.45, 2.75) is 142 Å². The van der Waals surface area contributed by atoms with Crippen molar-refractivity contribution in [2.75, 3.05) is 0 Å². The van der Waals surface area contributed by atoms with E-state index in [1.165, 1.54) is 121 Å². The van der Waals surface area contributed by atoms with Crippen LogP contribution in [0.3, 0.4) is 0 Å². The fraction of sp³-hybridized carbons (Fsp3) is 0.815. The zero-order chi connectivity index (χ0) is 20.3. The molecule has 1 aromatic heterocycles. The first-order valence-electron chi connectivity index (χ1n) is 12.8. The van der Waals surface area contributed by atoms with Crippen LogP contribution in [0, 0.1) is 0 Å². The summed E-state index contributed by atoms with van der Waals surface area (Å²) >= 11 is 0. The third kappa shape index (κ3) is 15.9. The Labute approximate surface area is 189 Å². The van der Waals surface area contributed by atoms with Crippen LogP contribution in [0.5, 0.6) is 0 Å². The summed E-state index contributed by atoms with van der Waals surface area (Å²) in [4.78, 5) is 0. The van der Waals surface area contributed by atoms with Crippen LogP contribution in [0.25, 0.3) is 0 Å². The summed E-state index contributed by atoms with van der Waals surface area (Å²) in [6.07, 6.45) is 28.8. The SMILES string of the molecule is CCCCCCCCCCCCCCCCCC[n+]1ccc(C(C)CC)cc1.[Cl-]. The van der Waals surface area contributed by atoms with Gasteiger partial charge in [-0.2, -0.15) is 0 Å². The maximum absolute atomic E-state index is 2.36. The van der Waals surface area contributed by atoms with Gasteiger partial charge in [-0.3, -0.25) is 0 Å². The zero-order valence-corrected chi connectivity index (χ0v) is 20.7. The van der Waals surface area contributed by atoms with Gasteiger partial charge in [0, 0.05) is 18.6 Å². The van der Waals surface area contributed by atoms with Crippen molar-refractivity contribution in [3.63, 3.8) is 0 Å². The summed E-state index contributed by atoms with van der Waals surface area (Å²) in [5.74, 6) is 0.685. The molecule has 0 saturated carbocycles. The van der Waals surface area contributed by atoms with Gasteiger partial charge in [0.2, 0.25) is 0 Å². The van der Waals surface area contributed by atoms with Crippen LogP contribution in [0.4, 0.5) is 0 Å². The molecule has 1 nitrogen and oxygen atoms in total. The highest BCUT2D eigenvalue weighted by Gasteiger charge is 2.05. The number of hydrogen-bond acceptors (Lipinski definition) is 0. The number of hydrogen-bond donors (Lipinski definition) is 0. The van der Waals surface area contributed by atoms with Gasteiger partial charge >= 0.3 is 0 Å². The molecule has 29 heavy (non-hydrogen) atoms. The van der Waals surface area contributed by atoms with E-state index in [0.717, 1.165) is 0 Å². The molecule has 0 fully saturated rings. The van der Waals surface area contributed by atoms with E-state index in [-0.39, 0.29) is 12.4 Å². The lowest BCUT2D eigenvalue weighted by atomic mass is 10.0. The first kappa shape index (κ1) is 28.4. The Kier molecular flexibility index (Phi) is 20.3. The molecule has 1 rings (SSSR count). The summed E-state index contributed by atoms with van der Waals surface area (Å²) in [7, 11) is 0. The lowest BCUT2D eigenvalue weighted by molar-refractivity contribution is -0.697. The highest BCUT2D eigenvalue weighted by molar-refractivity contribution is 5.12. The third-order valence-electron chi connectivity index (χ3n) is 6.37. The Bertz CT molecular complexity index is 442. The molecule has 1 atom stereocenters. The van der Waals surface area contributed by atoms with Crippen molar-refractivity contribution in [2.24, 2.45) is 0 Å². The van der Waals surface area contributed by atoms with Crippen molar-refractivity contribution in [1.29, 1.82) is 0 Å². The van der Waals surface area contributed by atoms with Gasteiger partial charge in [-0.05, 0) is 24.3 Å². The molecule has 0 aliphatic rings. The van der Waals surface area contributed by atoms with Crippen LogP contribution >= 0.6 is 0 Å². The monoisotopic (exact) mass is 423 g/mol. The second-order valence-corrected chi connectivity index (χ2v) is 8.98. The van der Waals surface area contributed by atoms with Crippen molar-refractivity contribution >= 4 is 0 Å². The lowest BCUT2D eigenvalue weighted by Gasteiger charge is -2.07. The maximum Gasteiger partial charge on any atom is 0.169 e. The van der Waals surface area contributed by atoms with Crippen LogP contribution in [-0.4, -0.2) is 0 Å². The molecule has 170 valence electrons. The predicted molar refractivity (Wildman–Crippen MR) is 125 cm³/mol. The Morgan fingerprint density at radius 1 is 0.621 bits per heavy atom. The lowest BCUT2D eigenvalue weighted by Crippen LogP contribution is -3.00. The minimum atomic E-state index is 0. The molecule has 0 spiro atoms. The first-order chi connectivity index (χ1) is 13.8. The normalized spacial score (nSPS) is 12.0. The fourth-order valence-electron chi connectivity index (χ4n) is 4.02. The summed E-state index contributed by atoms with van der Waals surface area (Å²) in [5.41, 5.74) is 1.48. The third-order valence-corrected chi connectivity index (χ3v) is 6.37. The van der Waals surface area contributed by atoms with Gasteiger partial charge in [0.25, 0.3) is 0 Å². The van der Waals surface area contributed by atoms with Gasteiger partial charge in [-0.1, -0.05) is 111 Å². The summed E-state index contributed by atoms with van der Waals surface area (Å²) in [6.45, 7) is 8.06. The van der Waals surface area contributed by atoms with Crippen LogP contribution in [0.2, 0.25) is 0 Å². The minimum Gasteiger partial charge on any atom is -1.00 e. The first-order valence-corrected chi connectivity index (χ1v) is 12.8. The van der Waals surface area contributed by atoms with Crippen LogP contribution in [-0.2, 0) is 6.54 Å². The van der Waals surface area contributed by atoms with Crippen LogP contribution in [0.1, 0.15) is 141 Å². The van der Waals surface area contributed by atoms with E-state index >= 15 is 0 Å². The zero-order valence-electron chi connectivity index (χ0n) is 19.9. The maximum atomic E-state index is 2.36. The number of nitrogens with zero attached hydrogens (tertiary/aromatic N) is 1. The molecule has 0 amide bonds. The summed E-state index contributed by atoms with van der Waals surface area (Å²) in [5, 5.41) is 0. The molecule has 0 N–H and O–H groups in total. The molecule has 0 radical (unpaired) electrons. The van der Waals surface area contributed by atoms with Gasteiger partial charge < -0.3 is 12.4 Å². The Balaban J connectivity index is 0.00000784. The van der Waals surface area contributed by atoms with Crippen molar-refractivity contribution in [3.8, 4) is 0 Å². The van der Waals surface area contributed by atoms with Crippen molar-refractivity contribution in [1.82, 2.24) is 0 Å². The quantitative estimate of drug-likeness (QED) is 0.197. The van der Waals surface area contributed by atoms with E-state index < -0.39 is 0 Å². The van der Waals surface area contributed by atoms with Gasteiger partial charge in [0.05, 0.1) is 0 Å². The molecule has 1 aromatic rings. The average molecular weight is 424 g/mol. The molecule has 0 aromatic carbocycles. The molecular weight excluding hydrogens is 374 g/mol.